The van der Waals surface area contributed by atoms with Gasteiger partial charge in [0.25, 0.3) is 0 Å². The summed E-state index contributed by atoms with van der Waals surface area (Å²) >= 11 is 0. The molecule has 0 atom stereocenters. The van der Waals surface area contributed by atoms with Gasteiger partial charge in [0.15, 0.2) is 0 Å². The van der Waals surface area contributed by atoms with E-state index in [9.17, 15) is 4.79 Å². The normalized spacial score (nSPS) is 15.3. The third-order valence-corrected chi connectivity index (χ3v) is 5.91. The minimum Gasteiger partial charge on any atom is -0.361 e. The van der Waals surface area contributed by atoms with Crippen molar-refractivity contribution in [1.82, 2.24) is 15.3 Å². The van der Waals surface area contributed by atoms with Crippen LogP contribution in [0, 0.1) is 6.92 Å². The van der Waals surface area contributed by atoms with E-state index in [1.54, 1.807) is 0 Å². The molecule has 2 heterocycles. The molecule has 1 amide bonds. The predicted octanol–water partition coefficient (Wildman–Crippen LogP) is 4.35. The van der Waals surface area contributed by atoms with E-state index in [1.165, 1.54) is 21.9 Å². The van der Waals surface area contributed by atoms with Gasteiger partial charge in [-0.25, -0.2) is 0 Å². The van der Waals surface area contributed by atoms with Crippen molar-refractivity contribution in [2.45, 2.75) is 31.6 Å². The lowest BCUT2D eigenvalue weighted by molar-refractivity contribution is -0.123. The van der Waals surface area contributed by atoms with E-state index in [0.717, 1.165) is 36.0 Å². The summed E-state index contributed by atoms with van der Waals surface area (Å²) in [6.07, 6.45) is 4.73. The van der Waals surface area contributed by atoms with Crippen molar-refractivity contribution in [1.29, 1.82) is 0 Å². The Bertz CT molecular complexity index is 1150. The van der Waals surface area contributed by atoms with Crippen LogP contribution in [0.3, 0.4) is 0 Å². The first kappa shape index (κ1) is 16.2. The van der Waals surface area contributed by atoms with Gasteiger partial charge < -0.3 is 15.3 Å². The second kappa shape index (κ2) is 6.02. The Labute approximate surface area is 158 Å². The van der Waals surface area contributed by atoms with E-state index in [4.69, 9.17) is 0 Å². The first-order valence-electron chi connectivity index (χ1n) is 9.60. The number of aromatic amines is 2. The lowest BCUT2D eigenvalue weighted by Gasteiger charge is -2.16. The first-order chi connectivity index (χ1) is 13.2. The zero-order valence-electron chi connectivity index (χ0n) is 15.4. The summed E-state index contributed by atoms with van der Waals surface area (Å²) in [5.41, 5.74) is 5.45. The molecule has 2 aromatic heterocycles. The highest BCUT2D eigenvalue weighted by Gasteiger charge is 2.53. The van der Waals surface area contributed by atoms with Crippen LogP contribution in [0.25, 0.3) is 21.8 Å². The monoisotopic (exact) mass is 357 g/mol. The van der Waals surface area contributed by atoms with E-state index >= 15 is 0 Å². The van der Waals surface area contributed by atoms with Crippen molar-refractivity contribution in [2.75, 3.05) is 6.54 Å². The Morgan fingerprint density at radius 1 is 1.04 bits per heavy atom. The Hall–Kier alpha value is -3.01. The van der Waals surface area contributed by atoms with Crippen molar-refractivity contribution in [3.05, 3.63) is 71.5 Å². The van der Waals surface area contributed by atoms with Gasteiger partial charge >= 0.3 is 0 Å². The van der Waals surface area contributed by atoms with Gasteiger partial charge in [0.05, 0.1) is 5.41 Å². The van der Waals surface area contributed by atoms with Gasteiger partial charge in [0.1, 0.15) is 0 Å². The molecule has 4 nitrogen and oxygen atoms in total. The zero-order valence-corrected chi connectivity index (χ0v) is 15.4. The molecule has 27 heavy (non-hydrogen) atoms. The summed E-state index contributed by atoms with van der Waals surface area (Å²) < 4.78 is 0. The summed E-state index contributed by atoms with van der Waals surface area (Å²) in [5.74, 6) is 0.162. The number of benzene rings is 2. The standard InChI is InChI=1S/C23H23N3O/c1-15-21(18-7-3-5-9-20(18)26-15)23(11-12-23)22(27)24-13-10-16-14-25-19-8-4-2-6-17(16)19/h2-9,14,25-26H,10-13H2,1H3,(H,24,27). The number of aryl methyl sites for hydroxylation is 1. The van der Waals surface area contributed by atoms with Gasteiger partial charge in [-0.3, -0.25) is 4.79 Å². The molecule has 136 valence electrons. The zero-order chi connectivity index (χ0) is 18.4. The third kappa shape index (κ3) is 2.55. The van der Waals surface area contributed by atoms with Crippen LogP contribution in [0.15, 0.2) is 54.7 Å². The van der Waals surface area contributed by atoms with E-state index in [1.807, 2.05) is 24.4 Å². The van der Waals surface area contributed by atoms with Crippen molar-refractivity contribution in [3.8, 4) is 0 Å². The molecule has 4 heteroatoms. The molecule has 0 saturated heterocycles. The fourth-order valence-electron chi connectivity index (χ4n) is 4.43. The number of hydrogen-bond acceptors (Lipinski definition) is 1. The van der Waals surface area contributed by atoms with Gasteiger partial charge in [0, 0.05) is 40.2 Å². The second-order valence-corrected chi connectivity index (χ2v) is 7.62. The number of rotatable bonds is 5. The molecule has 0 spiro atoms. The van der Waals surface area contributed by atoms with E-state index in [0.29, 0.717) is 6.54 Å². The highest BCUT2D eigenvalue weighted by atomic mass is 16.2. The molecular formula is C23H23N3O. The third-order valence-electron chi connectivity index (χ3n) is 5.91. The fraction of sp³-hybridized carbons (Fsp3) is 0.261. The summed E-state index contributed by atoms with van der Waals surface area (Å²) in [5, 5.41) is 5.62. The lowest BCUT2D eigenvalue weighted by Crippen LogP contribution is -2.36. The van der Waals surface area contributed by atoms with Crippen LogP contribution >= 0.6 is 0 Å². The summed E-state index contributed by atoms with van der Waals surface area (Å²) in [7, 11) is 0. The molecule has 0 bridgehead atoms. The number of H-pyrrole nitrogens is 2. The number of para-hydroxylation sites is 2. The predicted molar refractivity (Wildman–Crippen MR) is 109 cm³/mol. The largest absolute Gasteiger partial charge is 0.361 e. The Morgan fingerprint density at radius 3 is 2.52 bits per heavy atom. The Kier molecular flexibility index (Phi) is 3.61. The molecule has 0 aliphatic heterocycles. The SMILES string of the molecule is Cc1[nH]c2ccccc2c1C1(C(=O)NCCc2c[nH]c3ccccc23)CC1. The maximum absolute atomic E-state index is 13.1. The smallest absolute Gasteiger partial charge is 0.230 e. The first-order valence-corrected chi connectivity index (χ1v) is 9.60. The molecule has 2 aromatic carbocycles. The Balaban J connectivity index is 1.34. The maximum atomic E-state index is 13.1. The number of carbonyl (C=O) groups excluding carboxylic acids is 1. The van der Waals surface area contributed by atoms with Crippen LogP contribution in [0.5, 0.6) is 0 Å². The highest BCUT2D eigenvalue weighted by Crippen LogP contribution is 2.51. The molecule has 1 saturated carbocycles. The van der Waals surface area contributed by atoms with E-state index < -0.39 is 0 Å². The molecule has 1 aliphatic carbocycles. The van der Waals surface area contributed by atoms with Crippen molar-refractivity contribution < 1.29 is 4.79 Å². The highest BCUT2D eigenvalue weighted by molar-refractivity contribution is 5.98. The summed E-state index contributed by atoms with van der Waals surface area (Å²) in [4.78, 5) is 19.8. The van der Waals surface area contributed by atoms with Crippen LogP contribution in [0.4, 0.5) is 0 Å². The lowest BCUT2D eigenvalue weighted by atomic mass is 9.92. The quantitative estimate of drug-likeness (QED) is 0.489. The summed E-state index contributed by atoms with van der Waals surface area (Å²) in [6.45, 7) is 2.73. The minimum atomic E-state index is -0.357. The van der Waals surface area contributed by atoms with Crippen molar-refractivity contribution in [2.24, 2.45) is 0 Å². The van der Waals surface area contributed by atoms with Crippen LogP contribution in [-0.4, -0.2) is 22.4 Å². The van der Waals surface area contributed by atoms with Crippen molar-refractivity contribution >= 4 is 27.7 Å². The van der Waals surface area contributed by atoms with Gasteiger partial charge in [-0.15, -0.1) is 0 Å². The number of carbonyl (C=O) groups is 1. The number of fused-ring (bicyclic) bond motifs is 2. The summed E-state index contributed by atoms with van der Waals surface area (Å²) in [6, 6.07) is 16.6. The van der Waals surface area contributed by atoms with Gasteiger partial charge in [-0.05, 0) is 49.4 Å². The van der Waals surface area contributed by atoms with Crippen molar-refractivity contribution in [3.63, 3.8) is 0 Å². The second-order valence-electron chi connectivity index (χ2n) is 7.62. The number of nitrogens with one attached hydrogen (secondary N) is 3. The van der Waals surface area contributed by atoms with Crippen LogP contribution in [-0.2, 0) is 16.6 Å². The van der Waals surface area contributed by atoms with Crippen LogP contribution < -0.4 is 5.32 Å². The molecule has 0 unspecified atom stereocenters. The van der Waals surface area contributed by atoms with Gasteiger partial charge in [-0.2, -0.15) is 0 Å². The molecular weight excluding hydrogens is 334 g/mol. The van der Waals surface area contributed by atoms with Crippen LogP contribution in [0.2, 0.25) is 0 Å². The fourth-order valence-corrected chi connectivity index (χ4v) is 4.43. The van der Waals surface area contributed by atoms with E-state index in [-0.39, 0.29) is 11.3 Å². The maximum Gasteiger partial charge on any atom is 0.230 e. The average Bonchev–Trinajstić information content (AvgIpc) is 3.26. The van der Waals surface area contributed by atoms with Crippen LogP contribution in [0.1, 0.15) is 29.7 Å². The number of aromatic nitrogens is 2. The van der Waals surface area contributed by atoms with Gasteiger partial charge in [-0.1, -0.05) is 36.4 Å². The van der Waals surface area contributed by atoms with E-state index in [2.05, 4.69) is 52.5 Å². The Morgan fingerprint density at radius 2 is 1.74 bits per heavy atom. The molecule has 1 aliphatic rings. The minimum absolute atomic E-state index is 0.162. The number of amides is 1. The molecule has 4 aromatic rings. The topological polar surface area (TPSA) is 60.7 Å². The molecule has 0 radical (unpaired) electrons. The molecule has 5 rings (SSSR count). The molecule has 3 N–H and O–H groups in total. The van der Waals surface area contributed by atoms with Gasteiger partial charge in [0.2, 0.25) is 5.91 Å². The number of hydrogen-bond donors (Lipinski definition) is 3. The molecule has 1 fully saturated rings. The average molecular weight is 357 g/mol.